The average Bonchev–Trinajstić information content (AvgIpc) is 2.69. The number of rotatable bonds is 6. The molecule has 0 radical (unpaired) electrons. The Hall–Kier alpha value is -3.47. The van der Waals surface area contributed by atoms with Crippen LogP contribution in [0.2, 0.25) is 0 Å². The quantitative estimate of drug-likeness (QED) is 0.369. The van der Waals surface area contributed by atoms with Crippen molar-refractivity contribution in [1.82, 2.24) is 0 Å². The molecule has 0 atom stereocenters. The van der Waals surface area contributed by atoms with Crippen molar-refractivity contribution in [3.8, 4) is 5.75 Å². The number of ketones is 1. The second-order valence-electron chi connectivity index (χ2n) is 5.85. The van der Waals surface area contributed by atoms with Crippen molar-refractivity contribution in [3.05, 3.63) is 83.7 Å². The summed E-state index contributed by atoms with van der Waals surface area (Å²) in [5.41, 5.74) is 0.984. The average molecular weight is 364 g/mol. The maximum atomic E-state index is 13.1. The Morgan fingerprint density at radius 2 is 1.78 bits per heavy atom. The molecule has 0 saturated heterocycles. The van der Waals surface area contributed by atoms with Gasteiger partial charge >= 0.3 is 5.97 Å². The molecule has 0 aromatic heterocycles. The molecule has 0 fully saturated rings. The lowest BCUT2D eigenvalue weighted by atomic mass is 10.1. The lowest BCUT2D eigenvalue weighted by Crippen LogP contribution is -2.12. The van der Waals surface area contributed by atoms with Crippen molar-refractivity contribution in [2.24, 2.45) is 0 Å². The molecule has 0 aliphatic heterocycles. The number of esters is 1. The molecule has 3 aromatic carbocycles. The van der Waals surface area contributed by atoms with Crippen molar-refractivity contribution < 1.29 is 23.5 Å². The van der Waals surface area contributed by atoms with E-state index in [9.17, 15) is 14.0 Å². The number of ether oxygens (including phenoxy) is 2. The molecular weight excluding hydrogens is 347 g/mol. The SMILES string of the molecule is COc1ccc2cc(/C=C/C(=O)OCC(=O)c3cccc(F)c3)ccc2c1. The van der Waals surface area contributed by atoms with Gasteiger partial charge in [-0.25, -0.2) is 9.18 Å². The summed E-state index contributed by atoms with van der Waals surface area (Å²) < 4.78 is 23.2. The van der Waals surface area contributed by atoms with E-state index in [-0.39, 0.29) is 5.56 Å². The molecule has 5 heteroatoms. The van der Waals surface area contributed by atoms with Crippen molar-refractivity contribution >= 4 is 28.6 Å². The Morgan fingerprint density at radius 1 is 1.00 bits per heavy atom. The molecular formula is C22H17FO4. The first-order valence-corrected chi connectivity index (χ1v) is 8.26. The molecule has 0 spiro atoms. The van der Waals surface area contributed by atoms with Gasteiger partial charge in [-0.1, -0.05) is 30.3 Å². The molecule has 0 bridgehead atoms. The Morgan fingerprint density at radius 3 is 2.56 bits per heavy atom. The number of carbonyl (C=O) groups is 2. The van der Waals surface area contributed by atoms with E-state index in [1.807, 2.05) is 36.4 Å². The number of Topliss-reactive ketones (excluding diaryl/α,β-unsaturated/α-hetero) is 1. The second-order valence-corrected chi connectivity index (χ2v) is 5.85. The zero-order valence-electron chi connectivity index (χ0n) is 14.6. The highest BCUT2D eigenvalue weighted by molar-refractivity contribution is 5.99. The van der Waals surface area contributed by atoms with Crippen molar-refractivity contribution in [2.75, 3.05) is 13.7 Å². The minimum absolute atomic E-state index is 0.164. The molecule has 0 aliphatic carbocycles. The third-order valence-corrected chi connectivity index (χ3v) is 3.98. The fraction of sp³-hybridized carbons (Fsp3) is 0.0909. The summed E-state index contributed by atoms with van der Waals surface area (Å²) in [6.45, 7) is -0.440. The van der Waals surface area contributed by atoms with Crippen LogP contribution in [0.1, 0.15) is 15.9 Å². The lowest BCUT2D eigenvalue weighted by molar-refractivity contribution is -0.136. The van der Waals surface area contributed by atoms with Crippen LogP contribution in [-0.4, -0.2) is 25.5 Å². The van der Waals surface area contributed by atoms with E-state index in [0.29, 0.717) is 0 Å². The van der Waals surface area contributed by atoms with E-state index in [0.717, 1.165) is 28.2 Å². The van der Waals surface area contributed by atoms with Crippen LogP contribution >= 0.6 is 0 Å². The third-order valence-electron chi connectivity index (χ3n) is 3.98. The van der Waals surface area contributed by atoms with Gasteiger partial charge in [0.25, 0.3) is 0 Å². The number of methoxy groups -OCH3 is 1. The Bertz CT molecular complexity index is 1020. The molecule has 136 valence electrons. The van der Waals surface area contributed by atoms with Crippen LogP contribution in [0.25, 0.3) is 16.8 Å². The zero-order valence-corrected chi connectivity index (χ0v) is 14.6. The van der Waals surface area contributed by atoms with E-state index >= 15 is 0 Å². The fourth-order valence-electron chi connectivity index (χ4n) is 2.57. The number of carbonyl (C=O) groups excluding carboxylic acids is 2. The summed E-state index contributed by atoms with van der Waals surface area (Å²) in [4.78, 5) is 23.7. The smallest absolute Gasteiger partial charge is 0.331 e. The van der Waals surface area contributed by atoms with Crippen LogP contribution in [0.15, 0.2) is 66.7 Å². The van der Waals surface area contributed by atoms with Crippen LogP contribution in [0, 0.1) is 5.82 Å². The van der Waals surface area contributed by atoms with Crippen LogP contribution in [-0.2, 0) is 9.53 Å². The summed E-state index contributed by atoms with van der Waals surface area (Å²) in [7, 11) is 1.61. The first-order valence-electron chi connectivity index (χ1n) is 8.26. The van der Waals surface area contributed by atoms with Crippen molar-refractivity contribution in [3.63, 3.8) is 0 Å². The number of benzene rings is 3. The molecule has 0 heterocycles. The molecule has 0 amide bonds. The van der Waals surface area contributed by atoms with Gasteiger partial charge in [-0.05, 0) is 52.7 Å². The van der Waals surface area contributed by atoms with Gasteiger partial charge in [0.1, 0.15) is 11.6 Å². The van der Waals surface area contributed by atoms with Gasteiger partial charge in [0.05, 0.1) is 7.11 Å². The first kappa shape index (κ1) is 18.3. The Kier molecular flexibility index (Phi) is 5.61. The first-order chi connectivity index (χ1) is 13.0. The largest absolute Gasteiger partial charge is 0.497 e. The molecule has 0 N–H and O–H groups in total. The minimum Gasteiger partial charge on any atom is -0.497 e. The van der Waals surface area contributed by atoms with Crippen molar-refractivity contribution in [1.29, 1.82) is 0 Å². The topological polar surface area (TPSA) is 52.6 Å². The third kappa shape index (κ3) is 4.79. The number of hydrogen-bond donors (Lipinski definition) is 0. The number of hydrogen-bond acceptors (Lipinski definition) is 4. The maximum Gasteiger partial charge on any atom is 0.331 e. The van der Waals surface area contributed by atoms with Crippen LogP contribution in [0.4, 0.5) is 4.39 Å². The zero-order chi connectivity index (χ0) is 19.2. The van der Waals surface area contributed by atoms with Crippen LogP contribution in [0.5, 0.6) is 5.75 Å². The monoisotopic (exact) mass is 364 g/mol. The molecule has 0 unspecified atom stereocenters. The van der Waals surface area contributed by atoms with E-state index < -0.39 is 24.2 Å². The molecule has 3 rings (SSSR count). The second kappa shape index (κ2) is 8.27. The van der Waals surface area contributed by atoms with E-state index in [1.54, 1.807) is 13.2 Å². The predicted octanol–water partition coefficient (Wildman–Crippen LogP) is 4.43. The van der Waals surface area contributed by atoms with Crippen molar-refractivity contribution in [2.45, 2.75) is 0 Å². The summed E-state index contributed by atoms with van der Waals surface area (Å²) in [6, 6.07) is 16.7. The van der Waals surface area contributed by atoms with Gasteiger partial charge in [0, 0.05) is 11.6 Å². The van der Waals surface area contributed by atoms with Crippen LogP contribution < -0.4 is 4.74 Å². The lowest BCUT2D eigenvalue weighted by Gasteiger charge is -2.04. The molecule has 27 heavy (non-hydrogen) atoms. The number of fused-ring (bicyclic) bond motifs is 1. The molecule has 3 aromatic rings. The van der Waals surface area contributed by atoms with E-state index in [1.165, 1.54) is 24.3 Å². The van der Waals surface area contributed by atoms with Gasteiger partial charge in [0.2, 0.25) is 0 Å². The Balaban J connectivity index is 1.61. The van der Waals surface area contributed by atoms with E-state index in [4.69, 9.17) is 9.47 Å². The van der Waals surface area contributed by atoms with Gasteiger partial charge in [-0.3, -0.25) is 4.79 Å². The summed E-state index contributed by atoms with van der Waals surface area (Å²) in [5, 5.41) is 2.03. The Labute approximate surface area is 155 Å². The molecule has 0 aliphatic rings. The highest BCUT2D eigenvalue weighted by Gasteiger charge is 2.09. The fourth-order valence-corrected chi connectivity index (χ4v) is 2.57. The van der Waals surface area contributed by atoms with E-state index in [2.05, 4.69) is 0 Å². The highest BCUT2D eigenvalue weighted by Crippen LogP contribution is 2.22. The summed E-state index contributed by atoms with van der Waals surface area (Å²) in [5.74, 6) is -0.844. The predicted molar refractivity (Wildman–Crippen MR) is 101 cm³/mol. The normalized spacial score (nSPS) is 10.9. The summed E-state index contributed by atoms with van der Waals surface area (Å²) in [6.07, 6.45) is 2.86. The van der Waals surface area contributed by atoms with Gasteiger partial charge in [0.15, 0.2) is 12.4 Å². The van der Waals surface area contributed by atoms with Crippen LogP contribution in [0.3, 0.4) is 0 Å². The highest BCUT2D eigenvalue weighted by atomic mass is 19.1. The standard InChI is InChI=1S/C22H17FO4/c1-26-20-9-8-16-11-15(5-7-17(16)13-20)6-10-22(25)27-14-21(24)18-3-2-4-19(23)12-18/h2-13H,14H2,1H3/b10-6+. The molecule has 4 nitrogen and oxygen atoms in total. The molecule has 0 saturated carbocycles. The maximum absolute atomic E-state index is 13.1. The van der Waals surface area contributed by atoms with Gasteiger partial charge in [-0.2, -0.15) is 0 Å². The van der Waals surface area contributed by atoms with Gasteiger partial charge < -0.3 is 9.47 Å². The van der Waals surface area contributed by atoms with Gasteiger partial charge in [-0.15, -0.1) is 0 Å². The number of halogens is 1. The summed E-state index contributed by atoms with van der Waals surface area (Å²) >= 11 is 0. The minimum atomic E-state index is -0.644.